The van der Waals surface area contributed by atoms with E-state index in [2.05, 4.69) is 10.3 Å². The Labute approximate surface area is 194 Å². The van der Waals surface area contributed by atoms with Crippen molar-refractivity contribution in [3.8, 4) is 11.4 Å². The molecule has 1 saturated heterocycles. The lowest BCUT2D eigenvalue weighted by molar-refractivity contribution is -0.119. The Hall–Kier alpha value is -3.30. The summed E-state index contributed by atoms with van der Waals surface area (Å²) < 4.78 is 12.6. The third-order valence-electron chi connectivity index (χ3n) is 5.70. The minimum absolute atomic E-state index is 0.0754. The molecular weight excluding hydrogens is 440 g/mol. The molecule has 8 nitrogen and oxygen atoms in total. The number of aromatic nitrogens is 3. The van der Waals surface area contributed by atoms with Gasteiger partial charge in [-0.3, -0.25) is 9.59 Å². The van der Waals surface area contributed by atoms with E-state index in [0.717, 1.165) is 30.4 Å². The number of methoxy groups -OCH3 is 1. The molecule has 0 saturated carbocycles. The number of thioether (sulfide) groups is 1. The molecule has 1 aliphatic heterocycles. The third-order valence-corrected chi connectivity index (χ3v) is 6.64. The van der Waals surface area contributed by atoms with Crippen LogP contribution in [0.2, 0.25) is 0 Å². The highest BCUT2D eigenvalue weighted by molar-refractivity contribution is 7.99. The molecule has 9 heteroatoms. The molecule has 1 fully saturated rings. The Bertz CT molecular complexity index is 1370. The summed E-state index contributed by atoms with van der Waals surface area (Å²) in [6.07, 6.45) is 2.06. The number of hydrogen-bond donors (Lipinski definition) is 2. The van der Waals surface area contributed by atoms with Gasteiger partial charge in [0.05, 0.1) is 24.7 Å². The van der Waals surface area contributed by atoms with E-state index >= 15 is 0 Å². The summed E-state index contributed by atoms with van der Waals surface area (Å²) in [6.45, 7) is 1.24. The molecule has 0 radical (unpaired) electrons. The molecule has 4 aromatic rings. The number of para-hydroxylation sites is 3. The Balaban J connectivity index is 1.54. The van der Waals surface area contributed by atoms with E-state index in [1.54, 1.807) is 19.2 Å². The summed E-state index contributed by atoms with van der Waals surface area (Å²) in [5.74, 6) is 0.541. The summed E-state index contributed by atoms with van der Waals surface area (Å²) >= 11 is 1.22. The van der Waals surface area contributed by atoms with Gasteiger partial charge in [0.15, 0.2) is 5.16 Å². The number of benzene rings is 2. The van der Waals surface area contributed by atoms with E-state index in [0.29, 0.717) is 34.2 Å². The van der Waals surface area contributed by atoms with Crippen LogP contribution in [0.25, 0.3) is 27.6 Å². The molecule has 0 spiro atoms. The zero-order chi connectivity index (χ0) is 22.8. The van der Waals surface area contributed by atoms with Crippen molar-refractivity contribution in [2.24, 2.45) is 0 Å². The first-order valence-electron chi connectivity index (χ1n) is 10.8. The van der Waals surface area contributed by atoms with E-state index in [1.807, 2.05) is 36.4 Å². The molecule has 0 aliphatic carbocycles. The van der Waals surface area contributed by atoms with Crippen molar-refractivity contribution in [2.75, 3.05) is 26.0 Å². The second-order valence-electron chi connectivity index (χ2n) is 7.83. The van der Waals surface area contributed by atoms with Crippen LogP contribution in [0.15, 0.2) is 58.5 Å². The number of carbonyl (C=O) groups excluding carboxylic acids is 1. The second kappa shape index (κ2) is 9.29. The number of nitrogens with one attached hydrogen (secondary N) is 2. The normalized spacial score (nSPS) is 15.8. The van der Waals surface area contributed by atoms with E-state index in [-0.39, 0.29) is 23.3 Å². The first-order chi connectivity index (χ1) is 16.2. The van der Waals surface area contributed by atoms with Crippen LogP contribution in [0.3, 0.4) is 0 Å². The lowest BCUT2D eigenvalue weighted by Gasteiger charge is -2.15. The number of H-pyrrole nitrogens is 1. The van der Waals surface area contributed by atoms with Crippen LogP contribution in [0.5, 0.6) is 5.75 Å². The number of amides is 1. The van der Waals surface area contributed by atoms with Crippen LogP contribution in [-0.2, 0) is 9.53 Å². The van der Waals surface area contributed by atoms with Crippen molar-refractivity contribution in [3.63, 3.8) is 0 Å². The number of rotatable bonds is 7. The van der Waals surface area contributed by atoms with Gasteiger partial charge in [-0.15, -0.1) is 0 Å². The van der Waals surface area contributed by atoms with Gasteiger partial charge >= 0.3 is 0 Å². The molecule has 0 bridgehead atoms. The zero-order valence-corrected chi connectivity index (χ0v) is 19.0. The van der Waals surface area contributed by atoms with Gasteiger partial charge in [0.25, 0.3) is 5.56 Å². The maximum atomic E-state index is 13.6. The van der Waals surface area contributed by atoms with Crippen molar-refractivity contribution in [3.05, 3.63) is 58.9 Å². The van der Waals surface area contributed by atoms with Crippen LogP contribution in [0.4, 0.5) is 0 Å². The zero-order valence-electron chi connectivity index (χ0n) is 18.2. The fourth-order valence-electron chi connectivity index (χ4n) is 4.08. The maximum absolute atomic E-state index is 13.6. The van der Waals surface area contributed by atoms with E-state index in [9.17, 15) is 9.59 Å². The predicted molar refractivity (Wildman–Crippen MR) is 128 cm³/mol. The molecule has 1 atom stereocenters. The summed E-state index contributed by atoms with van der Waals surface area (Å²) in [6, 6.07) is 14.9. The van der Waals surface area contributed by atoms with Gasteiger partial charge in [-0.05, 0) is 31.0 Å². The molecule has 3 heterocycles. The monoisotopic (exact) mass is 464 g/mol. The molecule has 170 valence electrons. The molecular formula is C24H24N4O4S. The van der Waals surface area contributed by atoms with Gasteiger partial charge in [-0.1, -0.05) is 42.1 Å². The summed E-state index contributed by atoms with van der Waals surface area (Å²) in [4.78, 5) is 34.2. The average Bonchev–Trinajstić information content (AvgIpc) is 3.50. The standard InChI is InChI=1S/C24H24N4O4S/c1-31-19-11-5-4-10-18(19)28-23(30)22-21(16-8-2-3-9-17(16)26-22)27-24(28)33-14-20(29)25-13-15-7-6-12-32-15/h2-5,8-11,15,26H,6-7,12-14H2,1H3,(H,25,29)/t15-/m0/s1. The first kappa shape index (κ1) is 21.5. The van der Waals surface area contributed by atoms with Crippen LogP contribution in [0.1, 0.15) is 12.8 Å². The Morgan fingerprint density at radius 2 is 2.09 bits per heavy atom. The molecule has 0 unspecified atom stereocenters. The molecule has 2 N–H and O–H groups in total. The number of ether oxygens (including phenoxy) is 2. The van der Waals surface area contributed by atoms with E-state index < -0.39 is 0 Å². The third kappa shape index (κ3) is 4.21. The SMILES string of the molecule is COc1ccccc1-n1c(SCC(=O)NC[C@@H]2CCCO2)nc2c([nH]c3ccccc32)c1=O. The largest absolute Gasteiger partial charge is 0.495 e. The van der Waals surface area contributed by atoms with Gasteiger partial charge in [0.1, 0.15) is 16.8 Å². The Morgan fingerprint density at radius 3 is 2.91 bits per heavy atom. The van der Waals surface area contributed by atoms with Crippen molar-refractivity contribution in [1.29, 1.82) is 0 Å². The molecule has 2 aromatic heterocycles. The number of fused-ring (bicyclic) bond motifs is 3. The lowest BCUT2D eigenvalue weighted by Crippen LogP contribution is -2.33. The van der Waals surface area contributed by atoms with Crippen molar-refractivity contribution < 1.29 is 14.3 Å². The van der Waals surface area contributed by atoms with Crippen molar-refractivity contribution in [1.82, 2.24) is 19.9 Å². The fraction of sp³-hybridized carbons (Fsp3) is 0.292. The molecule has 1 amide bonds. The van der Waals surface area contributed by atoms with Crippen molar-refractivity contribution >= 4 is 39.6 Å². The summed E-state index contributed by atoms with van der Waals surface area (Å²) in [5, 5.41) is 4.21. The predicted octanol–water partition coefficient (Wildman–Crippen LogP) is 3.26. The molecule has 5 rings (SSSR count). The second-order valence-corrected chi connectivity index (χ2v) is 8.77. The fourth-order valence-corrected chi connectivity index (χ4v) is 4.91. The lowest BCUT2D eigenvalue weighted by atomic mass is 10.2. The Morgan fingerprint density at radius 1 is 1.27 bits per heavy atom. The number of nitrogens with zero attached hydrogens (tertiary/aromatic N) is 2. The van der Waals surface area contributed by atoms with Crippen LogP contribution in [0, 0.1) is 0 Å². The van der Waals surface area contributed by atoms with Gasteiger partial charge in [-0.25, -0.2) is 9.55 Å². The first-order valence-corrected chi connectivity index (χ1v) is 11.8. The van der Waals surface area contributed by atoms with Gasteiger partial charge in [-0.2, -0.15) is 0 Å². The van der Waals surface area contributed by atoms with Gasteiger partial charge < -0.3 is 19.8 Å². The molecule has 33 heavy (non-hydrogen) atoms. The number of carbonyl (C=O) groups is 1. The van der Waals surface area contributed by atoms with Crippen LogP contribution >= 0.6 is 11.8 Å². The average molecular weight is 465 g/mol. The van der Waals surface area contributed by atoms with E-state index in [4.69, 9.17) is 14.5 Å². The van der Waals surface area contributed by atoms with Gasteiger partial charge in [0.2, 0.25) is 5.91 Å². The smallest absolute Gasteiger partial charge is 0.283 e. The quantitative estimate of drug-likeness (QED) is 0.322. The van der Waals surface area contributed by atoms with E-state index in [1.165, 1.54) is 16.3 Å². The number of aromatic amines is 1. The highest BCUT2D eigenvalue weighted by Gasteiger charge is 2.21. The maximum Gasteiger partial charge on any atom is 0.283 e. The van der Waals surface area contributed by atoms with Gasteiger partial charge in [0, 0.05) is 24.1 Å². The minimum Gasteiger partial charge on any atom is -0.495 e. The Kier molecular flexibility index (Phi) is 6.06. The van der Waals surface area contributed by atoms with Crippen molar-refractivity contribution in [2.45, 2.75) is 24.1 Å². The topological polar surface area (TPSA) is 98.2 Å². The van der Waals surface area contributed by atoms with Crippen LogP contribution < -0.4 is 15.6 Å². The number of hydrogen-bond acceptors (Lipinski definition) is 6. The summed E-state index contributed by atoms with van der Waals surface area (Å²) in [5.41, 5.74) is 2.15. The highest BCUT2D eigenvalue weighted by atomic mass is 32.2. The van der Waals surface area contributed by atoms with Crippen LogP contribution in [-0.4, -0.2) is 52.6 Å². The summed E-state index contributed by atoms with van der Waals surface area (Å²) in [7, 11) is 1.56. The highest BCUT2D eigenvalue weighted by Crippen LogP contribution is 2.29. The molecule has 2 aromatic carbocycles. The minimum atomic E-state index is -0.247. The molecule has 1 aliphatic rings.